The fraction of sp³-hybridized carbons (Fsp3) is 0.846. The summed E-state index contributed by atoms with van der Waals surface area (Å²) in [5, 5.41) is 6.60. The van der Waals surface area contributed by atoms with Gasteiger partial charge >= 0.3 is 0 Å². The number of rotatable bonds is 6. The molecule has 2 N–H and O–H groups in total. The van der Waals surface area contributed by atoms with Crippen molar-refractivity contribution in [3.8, 4) is 0 Å². The number of carbonyl (C=O) groups excluding carboxylic acids is 1. The summed E-state index contributed by atoms with van der Waals surface area (Å²) in [5.41, 5.74) is 0. The first-order valence-electron chi connectivity index (χ1n) is 6.95. The van der Waals surface area contributed by atoms with Gasteiger partial charge in [0.25, 0.3) is 0 Å². The van der Waals surface area contributed by atoms with Crippen LogP contribution < -0.4 is 10.6 Å². The number of methoxy groups -OCH3 is 1. The molecule has 1 aliphatic heterocycles. The summed E-state index contributed by atoms with van der Waals surface area (Å²) in [7, 11) is 5.14. The molecular weight excluding hydrogens is 276 g/mol. The van der Waals surface area contributed by atoms with Gasteiger partial charge in [0.1, 0.15) is 6.54 Å². The summed E-state index contributed by atoms with van der Waals surface area (Å²) in [6.07, 6.45) is 2.38. The molecule has 1 heterocycles. The van der Waals surface area contributed by atoms with Crippen molar-refractivity contribution in [3.63, 3.8) is 0 Å². The van der Waals surface area contributed by atoms with Crippen molar-refractivity contribution in [1.82, 2.24) is 15.5 Å². The standard InChI is InChI=1S/C13H26N4O2S/c1-17(2)12(18)9-15-13(14-6-7-19-3)16-11-5-4-8-20-10-11/h11H,4-10H2,1-3H3,(H2,14,15,16). The van der Waals surface area contributed by atoms with Crippen LogP contribution in [0.5, 0.6) is 0 Å². The summed E-state index contributed by atoms with van der Waals surface area (Å²) in [6.45, 7) is 1.45. The van der Waals surface area contributed by atoms with E-state index in [-0.39, 0.29) is 12.5 Å². The molecule has 1 unspecified atom stereocenters. The van der Waals surface area contributed by atoms with Gasteiger partial charge in [0, 0.05) is 39.5 Å². The van der Waals surface area contributed by atoms with Gasteiger partial charge in [0.05, 0.1) is 6.61 Å². The van der Waals surface area contributed by atoms with Crippen LogP contribution in [0.4, 0.5) is 0 Å². The summed E-state index contributed by atoms with van der Waals surface area (Å²) < 4.78 is 5.02. The lowest BCUT2D eigenvalue weighted by Gasteiger charge is -2.24. The van der Waals surface area contributed by atoms with E-state index in [0.717, 1.165) is 12.2 Å². The highest BCUT2D eigenvalue weighted by Crippen LogP contribution is 2.16. The Morgan fingerprint density at radius 1 is 1.50 bits per heavy atom. The summed E-state index contributed by atoms with van der Waals surface area (Å²) >= 11 is 1.96. The number of nitrogens with zero attached hydrogens (tertiary/aromatic N) is 2. The fourth-order valence-corrected chi connectivity index (χ4v) is 2.83. The first-order valence-corrected chi connectivity index (χ1v) is 8.10. The fourth-order valence-electron chi connectivity index (χ4n) is 1.76. The van der Waals surface area contributed by atoms with Crippen LogP contribution in [0.2, 0.25) is 0 Å². The molecule has 0 aromatic heterocycles. The molecule has 1 aliphatic rings. The topological polar surface area (TPSA) is 66.0 Å². The number of thioether (sulfide) groups is 1. The zero-order chi connectivity index (χ0) is 14.8. The van der Waals surface area contributed by atoms with E-state index in [1.165, 1.54) is 12.2 Å². The molecule has 0 aromatic carbocycles. The Bertz CT molecular complexity index is 317. The molecular formula is C13H26N4O2S. The molecule has 1 fully saturated rings. The average molecular weight is 302 g/mol. The molecule has 0 bridgehead atoms. The van der Waals surface area contributed by atoms with E-state index in [1.54, 1.807) is 26.1 Å². The van der Waals surface area contributed by atoms with Crippen molar-refractivity contribution < 1.29 is 9.53 Å². The number of aliphatic imine (C=N–C) groups is 1. The molecule has 0 aromatic rings. The molecule has 20 heavy (non-hydrogen) atoms. The van der Waals surface area contributed by atoms with Crippen molar-refractivity contribution in [1.29, 1.82) is 0 Å². The largest absolute Gasteiger partial charge is 0.383 e. The number of nitrogens with one attached hydrogen (secondary N) is 2. The monoisotopic (exact) mass is 302 g/mol. The molecule has 116 valence electrons. The summed E-state index contributed by atoms with van der Waals surface area (Å²) in [6, 6.07) is 0.428. The minimum absolute atomic E-state index is 0.00383. The van der Waals surface area contributed by atoms with Gasteiger partial charge in [-0.25, -0.2) is 4.99 Å². The van der Waals surface area contributed by atoms with Gasteiger partial charge in [-0.05, 0) is 18.6 Å². The quantitative estimate of drug-likeness (QED) is 0.415. The van der Waals surface area contributed by atoms with E-state index in [0.29, 0.717) is 25.2 Å². The predicted octanol–water partition coefficient (Wildman–Crippen LogP) is 0.152. The van der Waals surface area contributed by atoms with Crippen LogP contribution >= 0.6 is 11.8 Å². The summed E-state index contributed by atoms with van der Waals surface area (Å²) in [4.78, 5) is 17.5. The van der Waals surface area contributed by atoms with Gasteiger partial charge in [-0.3, -0.25) is 4.79 Å². The second kappa shape index (κ2) is 9.88. The third-order valence-electron chi connectivity index (χ3n) is 2.97. The molecule has 1 amide bonds. The van der Waals surface area contributed by atoms with Gasteiger partial charge in [-0.2, -0.15) is 11.8 Å². The second-order valence-electron chi connectivity index (χ2n) is 4.93. The van der Waals surface area contributed by atoms with Crippen molar-refractivity contribution >= 4 is 23.6 Å². The predicted molar refractivity (Wildman–Crippen MR) is 84.4 cm³/mol. The van der Waals surface area contributed by atoms with Crippen LogP contribution in [0.1, 0.15) is 12.8 Å². The maximum atomic E-state index is 11.6. The van der Waals surface area contributed by atoms with E-state index in [1.807, 2.05) is 11.8 Å². The average Bonchev–Trinajstić information content (AvgIpc) is 2.45. The van der Waals surface area contributed by atoms with Crippen molar-refractivity contribution in [2.75, 3.05) is 52.4 Å². The Morgan fingerprint density at radius 3 is 2.90 bits per heavy atom. The number of ether oxygens (including phenoxy) is 1. The maximum absolute atomic E-state index is 11.6. The molecule has 0 spiro atoms. The highest BCUT2D eigenvalue weighted by molar-refractivity contribution is 7.99. The van der Waals surface area contributed by atoms with Crippen LogP contribution in [0.3, 0.4) is 0 Å². The van der Waals surface area contributed by atoms with Crippen LogP contribution in [0, 0.1) is 0 Å². The maximum Gasteiger partial charge on any atom is 0.243 e. The van der Waals surface area contributed by atoms with Gasteiger partial charge in [0.15, 0.2) is 5.96 Å². The highest BCUT2D eigenvalue weighted by Gasteiger charge is 2.15. The molecule has 1 saturated heterocycles. The molecule has 0 radical (unpaired) electrons. The zero-order valence-corrected chi connectivity index (χ0v) is 13.5. The number of hydrogen-bond donors (Lipinski definition) is 2. The minimum Gasteiger partial charge on any atom is -0.383 e. The Balaban J connectivity index is 2.48. The SMILES string of the molecule is COCCNC(=NCC(=O)N(C)C)NC1CCCSC1. The lowest BCUT2D eigenvalue weighted by Crippen LogP contribution is -2.46. The summed E-state index contributed by atoms with van der Waals surface area (Å²) in [5.74, 6) is 3.02. The van der Waals surface area contributed by atoms with Crippen molar-refractivity contribution in [2.45, 2.75) is 18.9 Å². The van der Waals surface area contributed by atoms with E-state index < -0.39 is 0 Å². The molecule has 0 saturated carbocycles. The lowest BCUT2D eigenvalue weighted by atomic mass is 10.2. The van der Waals surface area contributed by atoms with Crippen molar-refractivity contribution in [2.24, 2.45) is 4.99 Å². The first kappa shape index (κ1) is 17.1. The number of likely N-dealkylation sites (N-methyl/N-ethyl adjacent to an activating group) is 1. The van der Waals surface area contributed by atoms with Gasteiger partial charge < -0.3 is 20.3 Å². The van der Waals surface area contributed by atoms with Gasteiger partial charge in [0.2, 0.25) is 5.91 Å². The number of carbonyl (C=O) groups is 1. The third-order valence-corrected chi connectivity index (χ3v) is 4.19. The number of guanidine groups is 1. The van der Waals surface area contributed by atoms with E-state index >= 15 is 0 Å². The smallest absolute Gasteiger partial charge is 0.243 e. The molecule has 1 rings (SSSR count). The zero-order valence-electron chi connectivity index (χ0n) is 12.6. The van der Waals surface area contributed by atoms with Crippen LogP contribution in [-0.2, 0) is 9.53 Å². The number of hydrogen-bond acceptors (Lipinski definition) is 4. The highest BCUT2D eigenvalue weighted by atomic mass is 32.2. The third kappa shape index (κ3) is 7.00. The van der Waals surface area contributed by atoms with E-state index in [4.69, 9.17) is 4.74 Å². The Labute approximate surface area is 125 Å². The molecule has 7 heteroatoms. The Hall–Kier alpha value is -0.950. The van der Waals surface area contributed by atoms with E-state index in [2.05, 4.69) is 15.6 Å². The number of amides is 1. The van der Waals surface area contributed by atoms with Gasteiger partial charge in [-0.1, -0.05) is 0 Å². The molecule has 1 atom stereocenters. The lowest BCUT2D eigenvalue weighted by molar-refractivity contribution is -0.127. The van der Waals surface area contributed by atoms with Crippen LogP contribution in [0.25, 0.3) is 0 Å². The van der Waals surface area contributed by atoms with Crippen LogP contribution in [-0.4, -0.2) is 75.2 Å². The Morgan fingerprint density at radius 2 is 2.30 bits per heavy atom. The minimum atomic E-state index is -0.00383. The molecule has 0 aliphatic carbocycles. The Kier molecular flexibility index (Phi) is 8.45. The second-order valence-corrected chi connectivity index (χ2v) is 6.08. The van der Waals surface area contributed by atoms with Crippen LogP contribution in [0.15, 0.2) is 4.99 Å². The van der Waals surface area contributed by atoms with E-state index in [9.17, 15) is 4.79 Å². The normalized spacial score (nSPS) is 19.6. The van der Waals surface area contributed by atoms with Gasteiger partial charge in [-0.15, -0.1) is 0 Å². The molecule has 6 nitrogen and oxygen atoms in total. The first-order chi connectivity index (χ1) is 9.63. The van der Waals surface area contributed by atoms with Crippen molar-refractivity contribution in [3.05, 3.63) is 0 Å².